The van der Waals surface area contributed by atoms with Crippen LogP contribution in [0.25, 0.3) is 0 Å². The highest BCUT2D eigenvalue weighted by Crippen LogP contribution is 2.21. The number of aromatic nitrogens is 1. The second-order valence-corrected chi connectivity index (χ2v) is 5.33. The molecule has 1 heterocycles. The highest BCUT2D eigenvalue weighted by molar-refractivity contribution is 7.17. The summed E-state index contributed by atoms with van der Waals surface area (Å²) in [4.78, 5) is 27.4. The van der Waals surface area contributed by atoms with Gasteiger partial charge in [-0.05, 0) is 19.1 Å². The molecule has 2 aromatic rings. The zero-order valence-electron chi connectivity index (χ0n) is 12.0. The van der Waals surface area contributed by atoms with E-state index in [0.717, 1.165) is 6.54 Å². The molecule has 22 heavy (non-hydrogen) atoms. The maximum Gasteiger partial charge on any atom is 0.267 e. The van der Waals surface area contributed by atoms with Gasteiger partial charge in [-0.1, -0.05) is 17.4 Å². The van der Waals surface area contributed by atoms with Gasteiger partial charge in [0.1, 0.15) is 10.6 Å². The Balaban J connectivity index is 2.01. The molecule has 8 heteroatoms. The smallest absolute Gasteiger partial charge is 0.267 e. The van der Waals surface area contributed by atoms with Gasteiger partial charge in [0.25, 0.3) is 11.8 Å². The summed E-state index contributed by atoms with van der Waals surface area (Å²) < 4.78 is 5.19. The van der Waals surface area contributed by atoms with E-state index in [-0.39, 0.29) is 12.5 Å². The minimum Gasteiger partial charge on any atom is -0.484 e. The highest BCUT2D eigenvalue weighted by atomic mass is 32.1. The molecule has 0 atom stereocenters. The van der Waals surface area contributed by atoms with E-state index in [1.54, 1.807) is 24.3 Å². The zero-order valence-corrected chi connectivity index (χ0v) is 12.8. The first-order valence-electron chi connectivity index (χ1n) is 6.60. The number of carbonyl (C=O) groups excluding carboxylic acids is 2. The van der Waals surface area contributed by atoms with Gasteiger partial charge in [0.05, 0.1) is 6.20 Å². The SMILES string of the molecule is CCNc1ncc(C(=O)Nc2cccc(OCC(N)=O)c2)s1. The Kier molecular flexibility index (Phi) is 5.31. The lowest BCUT2D eigenvalue weighted by molar-refractivity contribution is -0.119. The summed E-state index contributed by atoms with van der Waals surface area (Å²) in [6.45, 7) is 2.49. The Morgan fingerprint density at radius 3 is 2.95 bits per heavy atom. The monoisotopic (exact) mass is 320 g/mol. The van der Waals surface area contributed by atoms with Crippen molar-refractivity contribution in [3.63, 3.8) is 0 Å². The summed E-state index contributed by atoms with van der Waals surface area (Å²) in [6.07, 6.45) is 1.52. The standard InChI is InChI=1S/C14H16N4O3S/c1-2-16-14-17-7-11(22-14)13(20)18-9-4-3-5-10(6-9)21-8-12(15)19/h3-7H,2,8H2,1H3,(H2,15,19)(H,16,17)(H,18,20). The van der Waals surface area contributed by atoms with Gasteiger partial charge in [0.15, 0.2) is 11.7 Å². The van der Waals surface area contributed by atoms with Crippen molar-refractivity contribution in [3.05, 3.63) is 35.3 Å². The van der Waals surface area contributed by atoms with Gasteiger partial charge in [-0.25, -0.2) is 4.98 Å². The van der Waals surface area contributed by atoms with Crippen LogP contribution in [0.3, 0.4) is 0 Å². The van der Waals surface area contributed by atoms with Crippen LogP contribution in [0.15, 0.2) is 30.5 Å². The van der Waals surface area contributed by atoms with E-state index in [4.69, 9.17) is 10.5 Å². The van der Waals surface area contributed by atoms with E-state index < -0.39 is 5.91 Å². The van der Waals surface area contributed by atoms with Crippen molar-refractivity contribution in [3.8, 4) is 5.75 Å². The largest absolute Gasteiger partial charge is 0.484 e. The molecule has 4 N–H and O–H groups in total. The number of hydrogen-bond acceptors (Lipinski definition) is 6. The van der Waals surface area contributed by atoms with Crippen molar-refractivity contribution < 1.29 is 14.3 Å². The van der Waals surface area contributed by atoms with Crippen molar-refractivity contribution >= 4 is 34.0 Å². The average molecular weight is 320 g/mol. The third kappa shape index (κ3) is 4.45. The van der Waals surface area contributed by atoms with Gasteiger partial charge < -0.3 is 21.1 Å². The molecule has 116 valence electrons. The Morgan fingerprint density at radius 1 is 1.41 bits per heavy atom. The fraction of sp³-hybridized carbons (Fsp3) is 0.214. The predicted molar refractivity (Wildman–Crippen MR) is 85.4 cm³/mol. The number of benzene rings is 1. The average Bonchev–Trinajstić information content (AvgIpc) is 2.95. The first kappa shape index (κ1) is 15.8. The van der Waals surface area contributed by atoms with Crippen LogP contribution in [-0.4, -0.2) is 29.9 Å². The van der Waals surface area contributed by atoms with Crippen LogP contribution in [-0.2, 0) is 4.79 Å². The van der Waals surface area contributed by atoms with Crippen molar-refractivity contribution in [1.29, 1.82) is 0 Å². The topological polar surface area (TPSA) is 106 Å². The molecule has 0 bridgehead atoms. The molecule has 7 nitrogen and oxygen atoms in total. The lowest BCUT2D eigenvalue weighted by atomic mass is 10.3. The third-order valence-corrected chi connectivity index (χ3v) is 3.48. The summed E-state index contributed by atoms with van der Waals surface area (Å²) in [5, 5.41) is 6.50. The van der Waals surface area contributed by atoms with Crippen LogP contribution in [0.5, 0.6) is 5.75 Å². The summed E-state index contributed by atoms with van der Waals surface area (Å²) in [5.41, 5.74) is 5.58. The number of anilines is 2. The Morgan fingerprint density at radius 2 is 2.23 bits per heavy atom. The zero-order chi connectivity index (χ0) is 15.9. The lowest BCUT2D eigenvalue weighted by Gasteiger charge is -2.07. The summed E-state index contributed by atoms with van der Waals surface area (Å²) in [7, 11) is 0. The first-order valence-corrected chi connectivity index (χ1v) is 7.42. The maximum atomic E-state index is 12.1. The van der Waals surface area contributed by atoms with Crippen LogP contribution in [0.4, 0.5) is 10.8 Å². The molecule has 0 fully saturated rings. The van der Waals surface area contributed by atoms with E-state index in [0.29, 0.717) is 21.4 Å². The molecule has 1 aromatic carbocycles. The molecule has 2 rings (SSSR count). The third-order valence-electron chi connectivity index (χ3n) is 2.53. The van der Waals surface area contributed by atoms with Crippen LogP contribution in [0.1, 0.15) is 16.6 Å². The summed E-state index contributed by atoms with van der Waals surface area (Å²) >= 11 is 1.28. The van der Waals surface area contributed by atoms with Gasteiger partial charge in [0.2, 0.25) is 0 Å². The number of amides is 2. The van der Waals surface area contributed by atoms with Gasteiger partial charge in [-0.2, -0.15) is 0 Å². The first-order chi connectivity index (χ1) is 10.6. The van der Waals surface area contributed by atoms with Crippen LogP contribution < -0.4 is 21.1 Å². The molecule has 0 aliphatic heterocycles. The van der Waals surface area contributed by atoms with Crippen molar-refractivity contribution in [2.75, 3.05) is 23.8 Å². The van der Waals surface area contributed by atoms with Gasteiger partial charge in [-0.3, -0.25) is 9.59 Å². The van der Waals surface area contributed by atoms with Crippen molar-refractivity contribution in [2.45, 2.75) is 6.92 Å². The molecule has 0 aliphatic rings. The second-order valence-electron chi connectivity index (χ2n) is 4.30. The molecule has 0 saturated carbocycles. The molecule has 0 saturated heterocycles. The molecular weight excluding hydrogens is 304 g/mol. The molecule has 0 unspecified atom stereocenters. The van der Waals surface area contributed by atoms with E-state index in [2.05, 4.69) is 15.6 Å². The maximum absolute atomic E-state index is 12.1. The fourth-order valence-electron chi connectivity index (χ4n) is 1.62. The molecular formula is C14H16N4O3S. The predicted octanol–water partition coefficient (Wildman–Crippen LogP) is 1.69. The summed E-state index contributed by atoms with van der Waals surface area (Å²) in [5.74, 6) is -0.363. The van der Waals surface area contributed by atoms with Gasteiger partial charge in [-0.15, -0.1) is 0 Å². The number of ether oxygens (including phenoxy) is 1. The van der Waals surface area contributed by atoms with E-state index in [9.17, 15) is 9.59 Å². The number of rotatable bonds is 7. The van der Waals surface area contributed by atoms with Crippen LogP contribution in [0.2, 0.25) is 0 Å². The fourth-order valence-corrected chi connectivity index (χ4v) is 2.40. The van der Waals surface area contributed by atoms with Crippen LogP contribution in [0, 0.1) is 0 Å². The Labute approximate surface area is 131 Å². The van der Waals surface area contributed by atoms with Crippen molar-refractivity contribution in [1.82, 2.24) is 4.98 Å². The lowest BCUT2D eigenvalue weighted by Crippen LogP contribution is -2.20. The highest BCUT2D eigenvalue weighted by Gasteiger charge is 2.11. The molecule has 0 spiro atoms. The van der Waals surface area contributed by atoms with E-state index in [1.807, 2.05) is 6.92 Å². The number of nitrogens with one attached hydrogen (secondary N) is 2. The Hall–Kier alpha value is -2.61. The number of nitrogens with two attached hydrogens (primary N) is 1. The van der Waals surface area contributed by atoms with Gasteiger partial charge in [0, 0.05) is 18.3 Å². The molecule has 2 amide bonds. The van der Waals surface area contributed by atoms with E-state index >= 15 is 0 Å². The molecule has 1 aromatic heterocycles. The quantitative estimate of drug-likeness (QED) is 0.720. The number of nitrogens with zero attached hydrogens (tertiary/aromatic N) is 1. The van der Waals surface area contributed by atoms with Gasteiger partial charge >= 0.3 is 0 Å². The number of carbonyl (C=O) groups is 2. The second kappa shape index (κ2) is 7.41. The van der Waals surface area contributed by atoms with Crippen molar-refractivity contribution in [2.24, 2.45) is 5.73 Å². The van der Waals surface area contributed by atoms with Crippen LogP contribution >= 0.6 is 11.3 Å². The summed E-state index contributed by atoms with van der Waals surface area (Å²) in [6, 6.07) is 6.73. The van der Waals surface area contributed by atoms with E-state index in [1.165, 1.54) is 17.5 Å². The minimum atomic E-state index is -0.560. The molecule has 0 aliphatic carbocycles. The number of primary amides is 1. The number of hydrogen-bond donors (Lipinski definition) is 3. The Bertz CT molecular complexity index is 672. The normalized spacial score (nSPS) is 10.0. The minimum absolute atomic E-state index is 0.210. The number of thiazole rings is 1. The molecule has 0 radical (unpaired) electrons.